The second kappa shape index (κ2) is 10.3. The number of allylic oxidation sites excluding steroid dienone is 1. The first-order chi connectivity index (χ1) is 14.0. The summed E-state index contributed by atoms with van der Waals surface area (Å²) < 4.78 is 11.0. The molecule has 0 aromatic rings. The molecule has 7 atom stereocenters. The summed E-state index contributed by atoms with van der Waals surface area (Å²) >= 11 is 7.39. The maximum atomic E-state index is 11.9. The van der Waals surface area contributed by atoms with Crippen LogP contribution in [-0.2, 0) is 19.2 Å². The van der Waals surface area contributed by atoms with E-state index in [1.54, 1.807) is 0 Å². The molecule has 4 aliphatic rings. The maximum absolute atomic E-state index is 11.9. The summed E-state index contributed by atoms with van der Waals surface area (Å²) in [4.78, 5) is 11.6. The fourth-order valence-corrected chi connectivity index (χ4v) is 6.81. The van der Waals surface area contributed by atoms with Crippen LogP contribution in [0.1, 0.15) is 66.2 Å². The monoisotopic (exact) mass is 794 g/mol. The van der Waals surface area contributed by atoms with Crippen molar-refractivity contribution in [2.24, 2.45) is 28.6 Å². The van der Waals surface area contributed by atoms with Crippen molar-refractivity contribution in [3.8, 4) is 0 Å². The van der Waals surface area contributed by atoms with E-state index in [-0.39, 0.29) is 28.5 Å². The van der Waals surface area contributed by atoms with Crippen molar-refractivity contribution in [1.82, 2.24) is 0 Å². The third-order valence-electron chi connectivity index (χ3n) is 8.94. The van der Waals surface area contributed by atoms with E-state index in [1.165, 1.54) is 25.7 Å². The Morgan fingerprint density at radius 2 is 1.87 bits per heavy atom. The molecule has 2 saturated carbocycles. The van der Waals surface area contributed by atoms with Crippen LogP contribution in [0.2, 0.25) is 0 Å². The summed E-state index contributed by atoms with van der Waals surface area (Å²) in [5.74, 6) is 1.52. The number of ether oxygens (including phenoxy) is 2. The van der Waals surface area contributed by atoms with E-state index in [2.05, 4.69) is 87.6 Å². The Balaban J connectivity index is 0.000000589. The number of epoxide rings is 1. The van der Waals surface area contributed by atoms with Crippen molar-refractivity contribution in [2.75, 3.05) is 13.2 Å². The molecular formula is C22H34I3O4V. The number of esters is 1. The summed E-state index contributed by atoms with van der Waals surface area (Å²) in [7, 11) is 0. The first kappa shape index (κ1) is 26.5. The predicted octanol–water partition coefficient (Wildman–Crippen LogP) is 6.52. The molecule has 0 radical (unpaired) electrons. The van der Waals surface area contributed by atoms with Gasteiger partial charge in [0.25, 0.3) is 0 Å². The Morgan fingerprint density at radius 1 is 1.23 bits per heavy atom. The van der Waals surface area contributed by atoms with Crippen molar-refractivity contribution in [1.29, 1.82) is 0 Å². The minimum atomic E-state index is -0.766. The van der Waals surface area contributed by atoms with Gasteiger partial charge in [-0.05, 0) is 60.7 Å². The summed E-state index contributed by atoms with van der Waals surface area (Å²) in [5, 5.41) is 10.0. The summed E-state index contributed by atoms with van der Waals surface area (Å²) in [6, 6.07) is 0. The van der Waals surface area contributed by atoms with Gasteiger partial charge in [0.1, 0.15) is 12.7 Å². The first-order valence-electron chi connectivity index (χ1n) is 11.0. The molecule has 0 bridgehead atoms. The first-order valence-corrected chi connectivity index (χ1v) is 24.5. The Labute approximate surface area is 219 Å². The van der Waals surface area contributed by atoms with Gasteiger partial charge in [0, 0.05) is 0 Å². The van der Waals surface area contributed by atoms with Crippen molar-refractivity contribution < 1.29 is 24.3 Å². The molecule has 4 nitrogen and oxygen atoms in total. The van der Waals surface area contributed by atoms with Crippen molar-refractivity contribution in [3.05, 3.63) is 11.6 Å². The molecule has 172 valence electrons. The number of carbonyl (C=O) groups is 1. The second-order valence-corrected chi connectivity index (χ2v) is 45.4. The van der Waals surface area contributed by atoms with Gasteiger partial charge in [-0.25, -0.2) is 4.79 Å². The van der Waals surface area contributed by atoms with E-state index in [0.717, 1.165) is 25.4 Å². The van der Waals surface area contributed by atoms with Gasteiger partial charge in [0.05, 0.1) is 17.8 Å². The Morgan fingerprint density at radius 3 is 2.37 bits per heavy atom. The second-order valence-electron chi connectivity index (χ2n) is 10.0. The zero-order valence-corrected chi connectivity index (χ0v) is 26.2. The molecule has 4 fully saturated rings. The molecule has 1 spiro atoms. The fraction of sp³-hybridized carbons (Fsp3) is 0.864. The quantitative estimate of drug-likeness (QED) is 0.153. The van der Waals surface area contributed by atoms with Crippen LogP contribution in [0.3, 0.4) is 0 Å². The van der Waals surface area contributed by atoms with Gasteiger partial charge in [0.2, 0.25) is 0 Å². The SMILES string of the molecule is CC[C@@]1(C)C2CCC3(CO3)C(C/C=C3/C(=O)OC[C@H]3O)[C@@]2(C)CC[C@H]1C.[I][V]([I])[I]. The third-order valence-corrected chi connectivity index (χ3v) is 8.94. The van der Waals surface area contributed by atoms with E-state index in [9.17, 15) is 9.90 Å². The number of aliphatic hydroxyl groups excluding tert-OH is 1. The topological polar surface area (TPSA) is 59.1 Å². The Kier molecular flexibility index (Phi) is 9.06. The van der Waals surface area contributed by atoms with Crippen LogP contribution in [0.4, 0.5) is 0 Å². The van der Waals surface area contributed by atoms with Crippen LogP contribution >= 0.6 is 59.9 Å². The van der Waals surface area contributed by atoms with Crippen LogP contribution in [0.25, 0.3) is 0 Å². The molecule has 0 aromatic carbocycles. The standard InChI is InChI=1S/C22H34O4.3HI.V/c1-5-20(3)14(2)8-10-21(4)17(20)9-11-22(13-26-22)18(21)7-6-15-16(23)12-25-19(15)24;;;;/h6,14,16-18,23H,5,7-13H2,1-4H3;3*1H;/q;;;;+3/p-3/b15-6+;;;;/t14-,16-,17?,18?,20-,21+,22?;;;;/m1..../s1. The Hall–Kier alpha value is 1.90. The number of hydrogen-bond donors (Lipinski definition) is 1. The minimum absolute atomic E-state index is 0.00496. The predicted molar refractivity (Wildman–Crippen MR) is 142 cm³/mol. The van der Waals surface area contributed by atoms with Gasteiger partial charge in [-0.15, -0.1) is 0 Å². The molecule has 3 unspecified atom stereocenters. The van der Waals surface area contributed by atoms with Crippen LogP contribution in [0, 0.1) is 28.6 Å². The summed E-state index contributed by atoms with van der Waals surface area (Å²) in [5.41, 5.74) is 1.07. The van der Waals surface area contributed by atoms with E-state index in [0.29, 0.717) is 22.8 Å². The average molecular weight is 794 g/mol. The molecule has 0 aromatic heterocycles. The van der Waals surface area contributed by atoms with Gasteiger partial charge in [0.15, 0.2) is 0 Å². The zero-order valence-electron chi connectivity index (χ0n) is 18.3. The van der Waals surface area contributed by atoms with Crippen LogP contribution in [0.15, 0.2) is 11.6 Å². The fourth-order valence-electron chi connectivity index (χ4n) is 6.81. The molecule has 0 amide bonds. The van der Waals surface area contributed by atoms with Gasteiger partial charge >= 0.3 is 70.8 Å². The molecule has 2 aliphatic carbocycles. The number of carbonyl (C=O) groups excluding carboxylic acids is 1. The average Bonchev–Trinajstić information content (AvgIpc) is 3.37. The van der Waals surface area contributed by atoms with E-state index in [4.69, 9.17) is 9.47 Å². The van der Waals surface area contributed by atoms with Crippen molar-refractivity contribution in [2.45, 2.75) is 77.9 Å². The molecule has 30 heavy (non-hydrogen) atoms. The molecular weight excluding hydrogens is 760 g/mol. The van der Waals surface area contributed by atoms with Crippen molar-refractivity contribution >= 4 is 65.9 Å². The molecule has 2 saturated heterocycles. The Bertz CT molecular complexity index is 681. The molecule has 2 heterocycles. The summed E-state index contributed by atoms with van der Waals surface area (Å²) in [6.45, 7) is 10.7. The number of aliphatic hydroxyl groups is 1. The summed E-state index contributed by atoms with van der Waals surface area (Å²) in [6.07, 6.45) is 8.12. The van der Waals surface area contributed by atoms with E-state index < -0.39 is 6.10 Å². The van der Waals surface area contributed by atoms with E-state index in [1.807, 2.05) is 6.08 Å². The number of hydrogen-bond acceptors (Lipinski definition) is 4. The van der Waals surface area contributed by atoms with Crippen LogP contribution in [0.5, 0.6) is 0 Å². The van der Waals surface area contributed by atoms with Gasteiger partial charge < -0.3 is 14.6 Å². The van der Waals surface area contributed by atoms with Crippen molar-refractivity contribution in [3.63, 3.8) is 0 Å². The van der Waals surface area contributed by atoms with Gasteiger partial charge in [-0.2, -0.15) is 0 Å². The van der Waals surface area contributed by atoms with Gasteiger partial charge in [-0.3, -0.25) is 0 Å². The zero-order chi connectivity index (χ0) is 22.3. The number of rotatable bonds is 3. The van der Waals surface area contributed by atoms with Gasteiger partial charge in [-0.1, -0.05) is 40.2 Å². The number of cyclic esters (lactones) is 1. The molecule has 2 aliphatic heterocycles. The normalized spacial score (nSPS) is 46.4. The molecule has 1 N–H and O–H groups in total. The third kappa shape index (κ3) is 5.11. The van der Waals surface area contributed by atoms with Crippen LogP contribution in [-0.4, -0.2) is 36.0 Å². The number of fused-ring (bicyclic) bond motifs is 1. The molecule has 8 heteroatoms. The number of halogens is 3. The van der Waals surface area contributed by atoms with Crippen LogP contribution < -0.4 is 0 Å². The molecule has 4 rings (SSSR count). The van der Waals surface area contributed by atoms with E-state index >= 15 is 0 Å².